The molecule has 1 aliphatic rings. The highest BCUT2D eigenvalue weighted by molar-refractivity contribution is 5.94. The summed E-state index contributed by atoms with van der Waals surface area (Å²) in [6.07, 6.45) is 4.43. The van der Waals surface area contributed by atoms with Crippen molar-refractivity contribution in [2.45, 2.75) is 31.7 Å². The lowest BCUT2D eigenvalue weighted by Crippen LogP contribution is -2.38. The number of pyridine rings is 1. The lowest BCUT2D eigenvalue weighted by atomic mass is 9.86. The predicted octanol–water partition coefficient (Wildman–Crippen LogP) is 3.35. The molecule has 0 atom stereocenters. The first kappa shape index (κ1) is 18.0. The summed E-state index contributed by atoms with van der Waals surface area (Å²) in [7, 11) is 1.40. The van der Waals surface area contributed by atoms with Crippen molar-refractivity contribution in [3.63, 3.8) is 0 Å². The summed E-state index contributed by atoms with van der Waals surface area (Å²) in [6, 6.07) is 9.61. The SMILES string of the molecule is COC(=O)[C@H]1CC[C@@H](NC(=O)c2ccc(-c3cccc(F)c3)nc2)CC1. The monoisotopic (exact) mass is 356 g/mol. The number of methoxy groups -OCH3 is 1. The van der Waals surface area contributed by atoms with Crippen LogP contribution in [0.1, 0.15) is 36.0 Å². The minimum Gasteiger partial charge on any atom is -0.469 e. The standard InChI is InChI=1S/C20H21FN2O3/c1-26-20(25)13-5-8-17(9-6-13)23-19(24)15-7-10-18(22-12-15)14-3-2-4-16(21)11-14/h2-4,7,10-13,17H,5-6,8-9H2,1H3,(H,23,24)/t13-,17+. The number of esters is 1. The van der Waals surface area contributed by atoms with Gasteiger partial charge >= 0.3 is 5.97 Å². The van der Waals surface area contributed by atoms with Crippen LogP contribution in [-0.4, -0.2) is 30.0 Å². The summed E-state index contributed by atoms with van der Waals surface area (Å²) < 4.78 is 18.1. The molecule has 1 heterocycles. The van der Waals surface area contributed by atoms with Gasteiger partial charge in [-0.3, -0.25) is 14.6 Å². The van der Waals surface area contributed by atoms with Crippen molar-refractivity contribution in [2.75, 3.05) is 7.11 Å². The molecule has 1 saturated carbocycles. The topological polar surface area (TPSA) is 68.3 Å². The zero-order chi connectivity index (χ0) is 18.5. The van der Waals surface area contributed by atoms with Gasteiger partial charge in [-0.1, -0.05) is 12.1 Å². The lowest BCUT2D eigenvalue weighted by molar-refractivity contribution is -0.146. The Morgan fingerprint density at radius 1 is 1.15 bits per heavy atom. The molecule has 136 valence electrons. The molecule has 0 saturated heterocycles. The molecule has 1 N–H and O–H groups in total. The van der Waals surface area contributed by atoms with Gasteiger partial charge in [-0.25, -0.2) is 4.39 Å². The highest BCUT2D eigenvalue weighted by Gasteiger charge is 2.27. The third kappa shape index (κ3) is 4.25. The van der Waals surface area contributed by atoms with Crippen LogP contribution in [0, 0.1) is 11.7 Å². The normalized spacial score (nSPS) is 19.6. The Morgan fingerprint density at radius 3 is 2.54 bits per heavy atom. The van der Waals surface area contributed by atoms with E-state index in [0.717, 1.165) is 12.8 Å². The van der Waals surface area contributed by atoms with E-state index in [9.17, 15) is 14.0 Å². The van der Waals surface area contributed by atoms with Crippen molar-refractivity contribution < 1.29 is 18.7 Å². The lowest BCUT2D eigenvalue weighted by Gasteiger charge is -2.27. The van der Waals surface area contributed by atoms with Crippen LogP contribution in [0.4, 0.5) is 4.39 Å². The molecule has 0 radical (unpaired) electrons. The van der Waals surface area contributed by atoms with Gasteiger partial charge in [-0.2, -0.15) is 0 Å². The number of nitrogens with zero attached hydrogens (tertiary/aromatic N) is 1. The number of rotatable bonds is 4. The number of nitrogens with one attached hydrogen (secondary N) is 1. The van der Waals surface area contributed by atoms with Crippen LogP contribution in [0.15, 0.2) is 42.6 Å². The van der Waals surface area contributed by atoms with Gasteiger partial charge in [0.15, 0.2) is 0 Å². The second-order valence-corrected chi connectivity index (χ2v) is 6.49. The molecule has 26 heavy (non-hydrogen) atoms. The Labute approximate surface area is 151 Å². The molecule has 0 spiro atoms. The van der Waals surface area contributed by atoms with E-state index in [1.54, 1.807) is 24.3 Å². The van der Waals surface area contributed by atoms with E-state index >= 15 is 0 Å². The van der Waals surface area contributed by atoms with Crippen molar-refractivity contribution >= 4 is 11.9 Å². The second kappa shape index (κ2) is 8.08. The number of aromatic nitrogens is 1. The molecule has 6 heteroatoms. The third-order valence-electron chi connectivity index (χ3n) is 4.74. The van der Waals surface area contributed by atoms with E-state index in [1.807, 2.05) is 0 Å². The molecule has 2 aromatic rings. The summed E-state index contributed by atoms with van der Waals surface area (Å²) in [6.45, 7) is 0. The molecule has 0 unspecified atom stereocenters. The van der Waals surface area contributed by atoms with Crippen molar-refractivity contribution in [3.8, 4) is 11.3 Å². The van der Waals surface area contributed by atoms with Gasteiger partial charge in [0.2, 0.25) is 0 Å². The molecule has 5 nitrogen and oxygen atoms in total. The number of hydrogen-bond acceptors (Lipinski definition) is 4. The van der Waals surface area contributed by atoms with Crippen LogP contribution in [0.2, 0.25) is 0 Å². The summed E-state index contributed by atoms with van der Waals surface area (Å²) in [5, 5.41) is 2.99. The van der Waals surface area contributed by atoms with E-state index in [0.29, 0.717) is 29.7 Å². The number of halogens is 1. The predicted molar refractivity (Wildman–Crippen MR) is 94.9 cm³/mol. The summed E-state index contributed by atoms with van der Waals surface area (Å²) >= 11 is 0. The van der Waals surface area contributed by atoms with Crippen molar-refractivity contribution in [1.82, 2.24) is 10.3 Å². The first-order chi connectivity index (χ1) is 12.6. The quantitative estimate of drug-likeness (QED) is 0.853. The maximum atomic E-state index is 13.3. The number of carbonyl (C=O) groups excluding carboxylic acids is 2. The molecule has 1 aromatic carbocycles. The molecule has 1 fully saturated rings. The minimum absolute atomic E-state index is 0.0475. The number of ether oxygens (including phenoxy) is 1. The zero-order valence-electron chi connectivity index (χ0n) is 14.6. The van der Waals surface area contributed by atoms with Crippen molar-refractivity contribution in [2.24, 2.45) is 5.92 Å². The molecular weight excluding hydrogens is 335 g/mol. The van der Waals surface area contributed by atoms with Gasteiger partial charge in [0.25, 0.3) is 5.91 Å². The minimum atomic E-state index is -0.325. The fourth-order valence-electron chi connectivity index (χ4n) is 3.26. The van der Waals surface area contributed by atoms with Crippen LogP contribution in [-0.2, 0) is 9.53 Å². The Balaban J connectivity index is 1.58. The van der Waals surface area contributed by atoms with E-state index in [2.05, 4.69) is 10.3 Å². The third-order valence-corrected chi connectivity index (χ3v) is 4.74. The Morgan fingerprint density at radius 2 is 1.92 bits per heavy atom. The van der Waals surface area contributed by atoms with Gasteiger partial charge in [-0.15, -0.1) is 0 Å². The van der Waals surface area contributed by atoms with Gasteiger partial charge in [0, 0.05) is 17.8 Å². The number of amides is 1. The average Bonchev–Trinajstić information content (AvgIpc) is 2.68. The first-order valence-corrected chi connectivity index (χ1v) is 8.67. The molecule has 1 amide bonds. The molecular formula is C20H21FN2O3. The van der Waals surface area contributed by atoms with Crippen molar-refractivity contribution in [3.05, 3.63) is 54.0 Å². The zero-order valence-corrected chi connectivity index (χ0v) is 14.6. The van der Waals surface area contributed by atoms with Crippen LogP contribution in [0.25, 0.3) is 11.3 Å². The largest absolute Gasteiger partial charge is 0.469 e. The van der Waals surface area contributed by atoms with Gasteiger partial charge in [0.1, 0.15) is 5.82 Å². The summed E-state index contributed by atoms with van der Waals surface area (Å²) in [4.78, 5) is 28.2. The number of hydrogen-bond donors (Lipinski definition) is 1. The Bertz CT molecular complexity index is 784. The van der Waals surface area contributed by atoms with Crippen LogP contribution in [0.3, 0.4) is 0 Å². The van der Waals surface area contributed by atoms with Gasteiger partial charge < -0.3 is 10.1 Å². The fourth-order valence-corrected chi connectivity index (χ4v) is 3.26. The summed E-state index contributed by atoms with van der Waals surface area (Å²) in [5.41, 5.74) is 1.73. The highest BCUT2D eigenvalue weighted by atomic mass is 19.1. The van der Waals surface area contributed by atoms with Crippen LogP contribution >= 0.6 is 0 Å². The van der Waals surface area contributed by atoms with E-state index in [-0.39, 0.29) is 29.7 Å². The van der Waals surface area contributed by atoms with Gasteiger partial charge in [0.05, 0.1) is 24.3 Å². The Kier molecular flexibility index (Phi) is 5.61. The van der Waals surface area contributed by atoms with Crippen LogP contribution in [0.5, 0.6) is 0 Å². The molecule has 1 aromatic heterocycles. The van der Waals surface area contributed by atoms with E-state index < -0.39 is 0 Å². The first-order valence-electron chi connectivity index (χ1n) is 8.67. The molecule has 0 bridgehead atoms. The average molecular weight is 356 g/mol. The van der Waals surface area contributed by atoms with Crippen molar-refractivity contribution in [1.29, 1.82) is 0 Å². The second-order valence-electron chi connectivity index (χ2n) is 6.49. The smallest absolute Gasteiger partial charge is 0.308 e. The van der Waals surface area contributed by atoms with E-state index in [1.165, 1.54) is 25.4 Å². The number of benzene rings is 1. The molecule has 3 rings (SSSR count). The number of carbonyl (C=O) groups is 2. The molecule has 1 aliphatic carbocycles. The fraction of sp³-hybridized carbons (Fsp3) is 0.350. The maximum absolute atomic E-state index is 13.3. The Hall–Kier alpha value is -2.76. The highest BCUT2D eigenvalue weighted by Crippen LogP contribution is 2.25. The molecule has 0 aliphatic heterocycles. The van der Waals surface area contributed by atoms with Crippen LogP contribution < -0.4 is 5.32 Å². The summed E-state index contributed by atoms with van der Waals surface area (Å²) in [5.74, 6) is -0.759. The van der Waals surface area contributed by atoms with E-state index in [4.69, 9.17) is 4.74 Å². The van der Waals surface area contributed by atoms with Gasteiger partial charge in [-0.05, 0) is 49.9 Å². The maximum Gasteiger partial charge on any atom is 0.308 e.